The first kappa shape index (κ1) is 17.3. The Bertz CT molecular complexity index is 1990. The Kier molecular flexibility index (Phi) is 2.98. The molecule has 0 amide bonds. The number of fused-ring (bicyclic) bond motifs is 9. The van der Waals surface area contributed by atoms with Crippen LogP contribution in [0.25, 0.3) is 65.3 Å². The normalized spacial score (nSPS) is 13.6. The first-order valence-corrected chi connectivity index (χ1v) is 12.2. The minimum atomic E-state index is 1.04. The molecule has 2 aliphatic carbocycles. The van der Waals surface area contributed by atoms with Gasteiger partial charge in [-0.15, -0.1) is 0 Å². The van der Waals surface area contributed by atoms with Gasteiger partial charge in [0.1, 0.15) is 0 Å². The van der Waals surface area contributed by atoms with Crippen LogP contribution >= 0.6 is 0 Å². The molecule has 7 aromatic rings. The van der Waals surface area contributed by atoms with E-state index in [1.54, 1.807) is 11.1 Å². The molecule has 0 atom stereocenters. The van der Waals surface area contributed by atoms with E-state index in [1.165, 1.54) is 76.5 Å². The number of hydrogen-bond donors (Lipinski definition) is 0. The summed E-state index contributed by atoms with van der Waals surface area (Å²) in [7, 11) is 0. The molecule has 0 nitrogen and oxygen atoms in total. The van der Waals surface area contributed by atoms with Gasteiger partial charge in [0.2, 0.25) is 0 Å². The fourth-order valence-electron chi connectivity index (χ4n) is 6.98. The van der Waals surface area contributed by atoms with E-state index >= 15 is 0 Å². The van der Waals surface area contributed by atoms with E-state index in [1.807, 2.05) is 0 Å². The van der Waals surface area contributed by atoms with Crippen molar-refractivity contribution >= 4 is 43.1 Å². The molecule has 0 unspecified atom stereocenters. The molecule has 0 heterocycles. The molecule has 0 N–H and O–H groups in total. The molecule has 0 aromatic heterocycles. The first-order valence-electron chi connectivity index (χ1n) is 12.2. The number of rotatable bonds is 0. The first-order chi connectivity index (χ1) is 16.8. The van der Waals surface area contributed by atoms with Crippen LogP contribution < -0.4 is 0 Å². The fourth-order valence-corrected chi connectivity index (χ4v) is 6.98. The zero-order chi connectivity index (χ0) is 22.0. The molecule has 0 saturated heterocycles. The minimum absolute atomic E-state index is 1.04. The molecule has 34 heavy (non-hydrogen) atoms. The third-order valence-corrected chi connectivity index (χ3v) is 8.43. The molecular formula is C34H20. The van der Waals surface area contributed by atoms with Crippen LogP contribution in [-0.4, -0.2) is 0 Å². The molecule has 0 heteroatoms. The molecule has 7 aromatic carbocycles. The van der Waals surface area contributed by atoms with E-state index in [9.17, 15) is 0 Å². The highest BCUT2D eigenvalue weighted by molar-refractivity contribution is 6.26. The SMILES string of the molecule is c1ccc2cc3c(cc2c1)Cc1c-3ccc2c1Cc1cc3ccc4cccc5ccc(c1-2)c3c45. The van der Waals surface area contributed by atoms with E-state index in [0.29, 0.717) is 0 Å². The van der Waals surface area contributed by atoms with E-state index in [-0.39, 0.29) is 0 Å². The molecule has 0 aliphatic heterocycles. The van der Waals surface area contributed by atoms with Gasteiger partial charge in [-0.05, 0) is 107 Å². The quantitative estimate of drug-likeness (QED) is 0.212. The molecule has 0 radical (unpaired) electrons. The van der Waals surface area contributed by atoms with Crippen molar-refractivity contribution in [2.45, 2.75) is 12.8 Å². The zero-order valence-corrected chi connectivity index (χ0v) is 18.7. The summed E-state index contributed by atoms with van der Waals surface area (Å²) in [5.41, 5.74) is 11.8. The average Bonchev–Trinajstić information content (AvgIpc) is 3.43. The van der Waals surface area contributed by atoms with Crippen LogP contribution in [0.3, 0.4) is 0 Å². The van der Waals surface area contributed by atoms with Crippen molar-refractivity contribution in [3.05, 3.63) is 119 Å². The Hall–Kier alpha value is -4.16. The summed E-state index contributed by atoms with van der Waals surface area (Å²) < 4.78 is 0. The lowest BCUT2D eigenvalue weighted by atomic mass is 9.89. The summed E-state index contributed by atoms with van der Waals surface area (Å²) >= 11 is 0. The molecule has 2 aliphatic rings. The van der Waals surface area contributed by atoms with Crippen LogP contribution in [0, 0.1) is 0 Å². The number of hydrogen-bond acceptors (Lipinski definition) is 0. The summed E-state index contributed by atoms with van der Waals surface area (Å²) in [5, 5.41) is 11.0. The average molecular weight is 429 g/mol. The predicted molar refractivity (Wildman–Crippen MR) is 144 cm³/mol. The van der Waals surface area contributed by atoms with Crippen LogP contribution in [0.15, 0.2) is 97.1 Å². The van der Waals surface area contributed by atoms with Crippen LogP contribution in [-0.2, 0) is 12.8 Å². The van der Waals surface area contributed by atoms with Crippen LogP contribution in [0.4, 0.5) is 0 Å². The van der Waals surface area contributed by atoms with Crippen molar-refractivity contribution in [3.63, 3.8) is 0 Å². The third kappa shape index (κ3) is 2.01. The second kappa shape index (κ2) is 5.85. The van der Waals surface area contributed by atoms with E-state index in [2.05, 4.69) is 97.1 Å². The van der Waals surface area contributed by atoms with Gasteiger partial charge in [0.15, 0.2) is 0 Å². The van der Waals surface area contributed by atoms with Crippen LogP contribution in [0.2, 0.25) is 0 Å². The van der Waals surface area contributed by atoms with Crippen LogP contribution in [0.5, 0.6) is 0 Å². The van der Waals surface area contributed by atoms with Gasteiger partial charge in [-0.3, -0.25) is 0 Å². The Morgan fingerprint density at radius 3 is 1.94 bits per heavy atom. The smallest absolute Gasteiger partial charge is 0.000993 e. The van der Waals surface area contributed by atoms with Crippen molar-refractivity contribution in [1.29, 1.82) is 0 Å². The largest absolute Gasteiger partial charge is 0.0616 e. The van der Waals surface area contributed by atoms with Crippen molar-refractivity contribution in [1.82, 2.24) is 0 Å². The molecule has 0 spiro atoms. The molecule has 9 rings (SSSR count). The van der Waals surface area contributed by atoms with Gasteiger partial charge in [0.25, 0.3) is 0 Å². The highest BCUT2D eigenvalue weighted by Gasteiger charge is 2.30. The standard InChI is InChI=1S/C34H20/c1-2-5-22-16-29-24(14-21(22)4-1)17-30-26(29)12-13-27-31(30)18-25-15-23-9-8-19-6-3-7-20-10-11-28(33(25)27)34(23)32(19)20/h1-16H,17-18H2. The van der Waals surface area contributed by atoms with Gasteiger partial charge in [-0.2, -0.15) is 0 Å². The number of benzene rings is 7. The molecule has 0 fully saturated rings. The highest BCUT2D eigenvalue weighted by atomic mass is 14.3. The van der Waals surface area contributed by atoms with Gasteiger partial charge in [-0.1, -0.05) is 91.0 Å². The topological polar surface area (TPSA) is 0 Å². The summed E-state index contributed by atoms with van der Waals surface area (Å²) in [5.74, 6) is 0. The fraction of sp³-hybridized carbons (Fsp3) is 0.0588. The molecule has 156 valence electrons. The molecule has 0 bridgehead atoms. The van der Waals surface area contributed by atoms with Gasteiger partial charge in [0.05, 0.1) is 0 Å². The monoisotopic (exact) mass is 428 g/mol. The summed E-state index contributed by atoms with van der Waals surface area (Å²) in [6.07, 6.45) is 2.09. The van der Waals surface area contributed by atoms with Gasteiger partial charge < -0.3 is 0 Å². The highest BCUT2D eigenvalue weighted by Crippen LogP contribution is 2.50. The second-order valence-corrected chi connectivity index (χ2v) is 10.1. The Morgan fingerprint density at radius 2 is 1.06 bits per heavy atom. The van der Waals surface area contributed by atoms with Crippen molar-refractivity contribution in [2.75, 3.05) is 0 Å². The maximum absolute atomic E-state index is 2.46. The van der Waals surface area contributed by atoms with Crippen LogP contribution in [0.1, 0.15) is 22.3 Å². The zero-order valence-electron chi connectivity index (χ0n) is 18.7. The van der Waals surface area contributed by atoms with Gasteiger partial charge in [0, 0.05) is 0 Å². The second-order valence-electron chi connectivity index (χ2n) is 10.1. The third-order valence-electron chi connectivity index (χ3n) is 8.43. The molecule has 0 saturated carbocycles. The Balaban J connectivity index is 1.33. The van der Waals surface area contributed by atoms with Gasteiger partial charge >= 0.3 is 0 Å². The summed E-state index contributed by atoms with van der Waals surface area (Å²) in [4.78, 5) is 0. The van der Waals surface area contributed by atoms with Crippen molar-refractivity contribution in [2.24, 2.45) is 0 Å². The molecular weight excluding hydrogens is 408 g/mol. The lowest BCUT2D eigenvalue weighted by Gasteiger charge is -2.14. The Labute approximate surface area is 197 Å². The van der Waals surface area contributed by atoms with Gasteiger partial charge in [-0.25, -0.2) is 0 Å². The lowest BCUT2D eigenvalue weighted by Crippen LogP contribution is -1.90. The van der Waals surface area contributed by atoms with Crippen molar-refractivity contribution in [3.8, 4) is 22.3 Å². The van der Waals surface area contributed by atoms with Crippen molar-refractivity contribution < 1.29 is 0 Å². The Morgan fingerprint density at radius 1 is 0.412 bits per heavy atom. The summed E-state index contributed by atoms with van der Waals surface area (Å²) in [6.45, 7) is 0. The maximum Gasteiger partial charge on any atom is -0.000993 e. The maximum atomic E-state index is 2.46. The minimum Gasteiger partial charge on any atom is -0.0616 e. The summed E-state index contributed by atoms with van der Waals surface area (Å²) in [6, 6.07) is 36.8. The van der Waals surface area contributed by atoms with E-state index in [0.717, 1.165) is 12.8 Å². The lowest BCUT2D eigenvalue weighted by molar-refractivity contribution is 1.17. The predicted octanol–water partition coefficient (Wildman–Crippen LogP) is 8.88. The van der Waals surface area contributed by atoms with E-state index in [4.69, 9.17) is 0 Å². The van der Waals surface area contributed by atoms with E-state index < -0.39 is 0 Å².